The van der Waals surface area contributed by atoms with E-state index in [9.17, 15) is 37.5 Å². The van der Waals surface area contributed by atoms with Crippen LogP contribution in [0.25, 0.3) is 17.1 Å². The van der Waals surface area contributed by atoms with Gasteiger partial charge in [-0.05, 0) is 37.4 Å². The van der Waals surface area contributed by atoms with Crippen molar-refractivity contribution < 1.29 is 41.9 Å². The highest BCUT2D eigenvalue weighted by molar-refractivity contribution is 6.34. The average molecular weight is 896 g/mol. The number of aromatic nitrogens is 5. The van der Waals surface area contributed by atoms with Crippen LogP contribution >= 0.6 is 11.6 Å². The number of imidazole rings is 1. The Morgan fingerprint density at radius 1 is 0.921 bits per heavy atom. The minimum absolute atomic E-state index is 0.00138. The number of carboxylic acids is 1. The SMILES string of the molecule is CN1CCN(c2ccc(-n3cc(-c4cnc(C(=O)Nc5ccc(C(=O)N6CCN(C(=O)C7CC[N+](CC(=O)O)(CC8CNC8)CC7)CC6)c(Cl)c5)n4C)c(C(F)(F)F)n3)nc2)CC1. The number of nitrogens with zero attached hydrogens (tertiary/aromatic N) is 10. The van der Waals surface area contributed by atoms with Crippen molar-refractivity contribution in [1.82, 2.24) is 44.3 Å². The third-order valence-corrected chi connectivity index (χ3v) is 13.2. The summed E-state index contributed by atoms with van der Waals surface area (Å²) < 4.78 is 45.9. The number of pyridine rings is 1. The Hall–Kier alpha value is -5.57. The van der Waals surface area contributed by atoms with Crippen LogP contribution in [0.2, 0.25) is 5.02 Å². The van der Waals surface area contributed by atoms with Crippen LogP contribution in [0.4, 0.5) is 24.5 Å². The number of rotatable bonds is 11. The summed E-state index contributed by atoms with van der Waals surface area (Å²) in [5, 5.41) is 19.5. The number of aliphatic carboxylic acids is 1. The van der Waals surface area contributed by atoms with Gasteiger partial charge >= 0.3 is 12.1 Å². The van der Waals surface area contributed by atoms with Crippen molar-refractivity contribution >= 4 is 46.7 Å². The molecule has 0 saturated carbocycles. The summed E-state index contributed by atoms with van der Waals surface area (Å²) in [6.07, 6.45) is 0.434. The number of halogens is 4. The molecule has 4 aliphatic rings. The molecule has 0 atom stereocenters. The second-order valence-corrected chi connectivity index (χ2v) is 17.5. The van der Waals surface area contributed by atoms with Gasteiger partial charge < -0.3 is 44.4 Å². The minimum Gasteiger partial charge on any atom is -0.477 e. The Morgan fingerprint density at radius 3 is 2.22 bits per heavy atom. The van der Waals surface area contributed by atoms with Crippen LogP contribution in [0.5, 0.6) is 0 Å². The molecule has 3 aromatic heterocycles. The molecule has 4 aliphatic heterocycles. The van der Waals surface area contributed by atoms with Crippen molar-refractivity contribution in [2.45, 2.75) is 19.0 Å². The predicted octanol–water partition coefficient (Wildman–Crippen LogP) is 3.16. The van der Waals surface area contributed by atoms with Crippen molar-refractivity contribution in [2.75, 3.05) is 109 Å². The van der Waals surface area contributed by atoms with Crippen molar-refractivity contribution in [3.05, 3.63) is 71.0 Å². The molecule has 17 nitrogen and oxygen atoms in total. The lowest BCUT2D eigenvalue weighted by Crippen LogP contribution is -2.62. The highest BCUT2D eigenvalue weighted by Crippen LogP contribution is 2.37. The molecule has 0 bridgehead atoms. The standard InChI is InChI=1S/C42H50ClF3N12O5/c1-52-9-11-54(12-10-52)30-4-6-35(48-22-30)57-24-32(37(51-57)42(44,45)46)34-23-49-38(53(34)2)39(61)50-29-3-5-31(33(43)19-29)41(63)56-15-13-55(14-16-56)40(62)28-7-17-58(18-8-28,26-36(59)60)25-27-20-47-21-27/h3-6,19,22-24,27-28,47H,7-18,20-21,25-26H2,1-2H3,(H-,50,59,60,61,63)/p+1. The maximum Gasteiger partial charge on any atom is 0.435 e. The summed E-state index contributed by atoms with van der Waals surface area (Å²) in [5.74, 6) is -1.56. The number of quaternary nitrogens is 1. The molecular formula is C42H51ClF3N12O5+. The van der Waals surface area contributed by atoms with Gasteiger partial charge in [0.15, 0.2) is 23.9 Å². The zero-order valence-corrected chi connectivity index (χ0v) is 35.9. The monoisotopic (exact) mass is 895 g/mol. The van der Waals surface area contributed by atoms with Gasteiger partial charge in [0.2, 0.25) is 5.91 Å². The maximum atomic E-state index is 14.4. The number of piperidine rings is 1. The van der Waals surface area contributed by atoms with Crippen molar-refractivity contribution in [1.29, 1.82) is 0 Å². The molecule has 4 aromatic rings. The Kier molecular flexibility index (Phi) is 12.5. The first-order valence-corrected chi connectivity index (χ1v) is 21.5. The second-order valence-electron chi connectivity index (χ2n) is 17.1. The van der Waals surface area contributed by atoms with E-state index in [0.29, 0.717) is 62.5 Å². The average Bonchev–Trinajstić information content (AvgIpc) is 3.87. The number of carbonyl (C=O) groups excluding carboxylic acids is 3. The molecular weight excluding hydrogens is 845 g/mol. The summed E-state index contributed by atoms with van der Waals surface area (Å²) in [4.78, 5) is 68.6. The van der Waals surface area contributed by atoms with Crippen LogP contribution in [0.1, 0.15) is 39.5 Å². The number of carbonyl (C=O) groups is 4. The van der Waals surface area contributed by atoms with E-state index in [1.807, 2.05) is 7.05 Å². The van der Waals surface area contributed by atoms with Crippen molar-refractivity contribution in [3.8, 4) is 17.1 Å². The van der Waals surface area contributed by atoms with E-state index in [1.165, 1.54) is 42.2 Å². The fraction of sp³-hybridized carbons (Fsp3) is 0.500. The summed E-state index contributed by atoms with van der Waals surface area (Å²) in [6.45, 7) is 8.66. The van der Waals surface area contributed by atoms with Crippen molar-refractivity contribution in [3.63, 3.8) is 0 Å². The van der Waals surface area contributed by atoms with E-state index in [4.69, 9.17) is 11.6 Å². The normalized spacial score (nSPS) is 21.3. The van der Waals surface area contributed by atoms with Crippen molar-refractivity contribution in [2.24, 2.45) is 18.9 Å². The highest BCUT2D eigenvalue weighted by Gasteiger charge is 2.43. The van der Waals surface area contributed by atoms with Gasteiger partial charge in [-0.25, -0.2) is 19.4 Å². The Bertz CT molecular complexity index is 2340. The summed E-state index contributed by atoms with van der Waals surface area (Å²) in [6, 6.07) is 7.82. The summed E-state index contributed by atoms with van der Waals surface area (Å²) >= 11 is 6.58. The lowest BCUT2D eigenvalue weighted by molar-refractivity contribution is -0.929. The first-order valence-electron chi connectivity index (χ1n) is 21.1. The number of hydrogen-bond acceptors (Lipinski definition) is 10. The first kappa shape index (κ1) is 44.1. The molecule has 3 amide bonds. The highest BCUT2D eigenvalue weighted by atomic mass is 35.5. The van der Waals surface area contributed by atoms with Crippen LogP contribution < -0.4 is 15.5 Å². The van der Waals surface area contributed by atoms with Gasteiger partial charge in [-0.2, -0.15) is 18.3 Å². The molecule has 8 rings (SSSR count). The molecule has 7 heterocycles. The van der Waals surface area contributed by atoms with Gasteiger partial charge in [0.25, 0.3) is 11.8 Å². The molecule has 1 aromatic carbocycles. The molecule has 21 heteroatoms. The third-order valence-electron chi connectivity index (χ3n) is 12.9. The number of piperazine rings is 2. The smallest absolute Gasteiger partial charge is 0.435 e. The Balaban J connectivity index is 0.874. The predicted molar refractivity (Wildman–Crippen MR) is 227 cm³/mol. The molecule has 4 fully saturated rings. The Labute approximate surface area is 367 Å². The fourth-order valence-corrected chi connectivity index (χ4v) is 9.38. The van der Waals surface area contributed by atoms with Gasteiger partial charge in [-0.1, -0.05) is 11.6 Å². The van der Waals surface area contributed by atoms with Gasteiger partial charge in [0, 0.05) is 109 Å². The van der Waals surface area contributed by atoms with E-state index in [-0.39, 0.29) is 63.5 Å². The number of likely N-dealkylation sites (N-methyl/N-ethyl adjacent to an activating group) is 1. The van der Waals surface area contributed by atoms with Crippen LogP contribution in [0.3, 0.4) is 0 Å². The molecule has 336 valence electrons. The lowest BCUT2D eigenvalue weighted by Gasteiger charge is -2.46. The topological polar surface area (TPSA) is 174 Å². The molecule has 63 heavy (non-hydrogen) atoms. The number of benzene rings is 1. The maximum absolute atomic E-state index is 14.4. The van der Waals surface area contributed by atoms with Gasteiger partial charge in [-0.3, -0.25) is 14.4 Å². The number of amides is 3. The number of nitrogens with one attached hydrogen (secondary N) is 2. The van der Waals surface area contributed by atoms with Gasteiger partial charge in [-0.15, -0.1) is 0 Å². The number of hydrogen-bond donors (Lipinski definition) is 3. The van der Waals surface area contributed by atoms with E-state index >= 15 is 0 Å². The summed E-state index contributed by atoms with van der Waals surface area (Å²) in [7, 11) is 3.47. The van der Waals surface area contributed by atoms with E-state index < -0.39 is 23.7 Å². The van der Waals surface area contributed by atoms with E-state index in [0.717, 1.165) is 56.2 Å². The molecule has 4 saturated heterocycles. The second kappa shape index (κ2) is 17.9. The number of alkyl halides is 3. The largest absolute Gasteiger partial charge is 0.477 e. The zero-order valence-electron chi connectivity index (χ0n) is 35.2. The van der Waals surface area contributed by atoms with Crippen LogP contribution in [0.15, 0.2) is 48.9 Å². The molecule has 0 radical (unpaired) electrons. The quantitative estimate of drug-likeness (QED) is 0.189. The van der Waals surface area contributed by atoms with Crippen LogP contribution in [-0.2, 0) is 22.8 Å². The minimum atomic E-state index is -4.82. The zero-order chi connectivity index (χ0) is 44.6. The molecule has 0 unspecified atom stereocenters. The number of anilines is 2. The first-order chi connectivity index (χ1) is 30.1. The Morgan fingerprint density at radius 2 is 1.62 bits per heavy atom. The van der Waals surface area contributed by atoms with Gasteiger partial charge in [0.1, 0.15) is 0 Å². The number of carboxylic acid groups (broad SMARTS) is 1. The summed E-state index contributed by atoms with van der Waals surface area (Å²) in [5.41, 5.74) is -0.150. The van der Waals surface area contributed by atoms with E-state index in [1.54, 1.807) is 28.1 Å². The van der Waals surface area contributed by atoms with Gasteiger partial charge in [0.05, 0.1) is 59.6 Å². The lowest BCUT2D eigenvalue weighted by atomic mass is 9.90. The molecule has 0 spiro atoms. The fourth-order valence-electron chi connectivity index (χ4n) is 9.12. The molecule has 3 N–H and O–H groups in total. The van der Waals surface area contributed by atoms with E-state index in [2.05, 4.69) is 35.5 Å². The van der Waals surface area contributed by atoms with Crippen LogP contribution in [-0.4, -0.2) is 171 Å². The molecule has 0 aliphatic carbocycles. The number of likely N-dealkylation sites (tertiary alicyclic amines) is 1. The van der Waals surface area contributed by atoms with Crippen LogP contribution in [0, 0.1) is 11.8 Å². The third kappa shape index (κ3) is 9.53.